The summed E-state index contributed by atoms with van der Waals surface area (Å²) in [6.45, 7) is 0.626. The largest absolute Gasteiger partial charge is 0.507 e. The number of nitrogens with one attached hydrogen (secondary N) is 1. The van der Waals surface area contributed by atoms with Crippen LogP contribution in [0.1, 0.15) is 5.56 Å². The van der Waals surface area contributed by atoms with Crippen molar-refractivity contribution in [3.05, 3.63) is 68.7 Å². The molecule has 0 spiro atoms. The second-order valence-electron chi connectivity index (χ2n) is 8.27. The van der Waals surface area contributed by atoms with Crippen molar-refractivity contribution in [2.75, 3.05) is 0 Å². The quantitative estimate of drug-likeness (QED) is 0.421. The second-order valence-corrected chi connectivity index (χ2v) is 8.27. The van der Waals surface area contributed by atoms with Crippen LogP contribution in [0.25, 0.3) is 55.1 Å². The Morgan fingerprint density at radius 1 is 1.19 bits per heavy atom. The van der Waals surface area contributed by atoms with Crippen LogP contribution in [-0.2, 0) is 20.0 Å². The van der Waals surface area contributed by atoms with Crippen LogP contribution in [-0.4, -0.2) is 24.4 Å². The zero-order valence-corrected chi connectivity index (χ0v) is 17.0. The Bertz CT molecular complexity index is 1900. The van der Waals surface area contributed by atoms with Gasteiger partial charge in [0.2, 0.25) is 0 Å². The van der Waals surface area contributed by atoms with Gasteiger partial charge in [0.25, 0.3) is 5.56 Å². The number of benzene rings is 2. The van der Waals surface area contributed by atoms with Crippen LogP contribution in [0.2, 0.25) is 0 Å². The van der Waals surface area contributed by atoms with E-state index in [0.29, 0.717) is 39.8 Å². The maximum absolute atomic E-state index is 13.7. The summed E-state index contributed by atoms with van der Waals surface area (Å²) in [6.07, 6.45) is 2.61. The Hall–Kier alpha value is -4.33. The number of rotatable bonds is 1. The highest BCUT2D eigenvalue weighted by molar-refractivity contribution is 6.16. The molecule has 4 aromatic heterocycles. The third-order valence-electron chi connectivity index (χ3n) is 6.46. The van der Waals surface area contributed by atoms with Gasteiger partial charge in [-0.2, -0.15) is 0 Å². The monoisotopic (exact) mass is 424 g/mol. The first-order chi connectivity index (χ1) is 15.5. The number of phenolic OH excluding ortho intramolecular Hbond substituents is 1. The second kappa shape index (κ2) is 5.67. The first-order valence-corrected chi connectivity index (χ1v) is 10.3. The average Bonchev–Trinajstić information content (AvgIpc) is 3.45. The smallest absolute Gasteiger partial charge is 0.259 e. The number of pyridine rings is 2. The van der Waals surface area contributed by atoms with Crippen molar-refractivity contribution in [3.8, 4) is 16.9 Å². The van der Waals surface area contributed by atoms with Crippen LogP contribution >= 0.6 is 0 Å². The summed E-state index contributed by atoms with van der Waals surface area (Å²) in [5.74, 6) is -0.194. The van der Waals surface area contributed by atoms with E-state index in [9.17, 15) is 14.7 Å². The number of aromatic hydroxyl groups is 1. The summed E-state index contributed by atoms with van der Waals surface area (Å²) >= 11 is 0. The van der Waals surface area contributed by atoms with Crippen molar-refractivity contribution in [3.63, 3.8) is 0 Å². The zero-order chi connectivity index (χ0) is 21.7. The van der Waals surface area contributed by atoms with E-state index in [4.69, 9.17) is 9.40 Å². The molecule has 0 saturated heterocycles. The van der Waals surface area contributed by atoms with E-state index >= 15 is 0 Å². The van der Waals surface area contributed by atoms with E-state index in [2.05, 4.69) is 11.2 Å². The summed E-state index contributed by atoms with van der Waals surface area (Å²) in [4.78, 5) is 30.3. The van der Waals surface area contributed by atoms with Crippen LogP contribution in [0.15, 0.2) is 56.6 Å². The molecule has 1 aliphatic heterocycles. The van der Waals surface area contributed by atoms with Gasteiger partial charge in [-0.1, -0.05) is 18.2 Å². The summed E-state index contributed by atoms with van der Waals surface area (Å²) < 4.78 is 9.64. The van der Waals surface area contributed by atoms with Gasteiger partial charge in [-0.15, -0.1) is 0 Å². The molecule has 156 valence electrons. The third kappa shape index (κ3) is 2.03. The number of aromatic amines is 1. The molecule has 0 atom stereocenters. The van der Waals surface area contributed by atoms with Crippen LogP contribution in [0, 0.1) is 0 Å². The van der Waals surface area contributed by atoms with Crippen molar-refractivity contribution in [2.45, 2.75) is 13.0 Å². The zero-order valence-electron chi connectivity index (χ0n) is 17.0. The molecule has 5 heterocycles. The van der Waals surface area contributed by atoms with E-state index in [-0.39, 0.29) is 22.3 Å². The Morgan fingerprint density at radius 3 is 2.94 bits per heavy atom. The van der Waals surface area contributed by atoms with Gasteiger partial charge in [0, 0.05) is 42.9 Å². The molecule has 0 bridgehead atoms. The van der Waals surface area contributed by atoms with Gasteiger partial charge in [0.1, 0.15) is 16.8 Å². The topological polar surface area (TPSA) is 106 Å². The number of hydrogen-bond acceptors (Lipinski definition) is 5. The molecular weight excluding hydrogens is 408 g/mol. The number of para-hydroxylation sites is 1. The van der Waals surface area contributed by atoms with Crippen molar-refractivity contribution >= 4 is 44.0 Å². The molecule has 32 heavy (non-hydrogen) atoms. The number of nitrogens with zero attached hydrogens (tertiary/aromatic N) is 3. The Balaban J connectivity index is 1.73. The number of hydrogen-bond donors (Lipinski definition) is 2. The van der Waals surface area contributed by atoms with Gasteiger partial charge in [0.05, 0.1) is 16.5 Å². The van der Waals surface area contributed by atoms with E-state index in [1.54, 1.807) is 10.9 Å². The van der Waals surface area contributed by atoms with E-state index in [1.165, 1.54) is 11.6 Å². The lowest BCUT2D eigenvalue weighted by Gasteiger charge is -2.10. The summed E-state index contributed by atoms with van der Waals surface area (Å²) in [6, 6.07) is 10.4. The lowest BCUT2D eigenvalue weighted by atomic mass is 10.0. The first-order valence-electron chi connectivity index (χ1n) is 10.3. The number of furan rings is 1. The van der Waals surface area contributed by atoms with Gasteiger partial charge < -0.3 is 19.2 Å². The summed E-state index contributed by atoms with van der Waals surface area (Å²) in [5, 5.41) is 15.7. The Labute approximate surface area is 178 Å². The van der Waals surface area contributed by atoms with E-state index < -0.39 is 0 Å². The normalized spacial score (nSPS) is 13.3. The minimum Gasteiger partial charge on any atom is -0.507 e. The number of phenols is 1. The molecule has 1 aliphatic rings. The molecular formula is C24H16N4O4. The molecule has 0 aliphatic carbocycles. The van der Waals surface area contributed by atoms with E-state index in [1.807, 2.05) is 29.8 Å². The third-order valence-corrected chi connectivity index (χ3v) is 6.46. The highest BCUT2D eigenvalue weighted by atomic mass is 16.3. The number of aryl methyl sites for hydroxylation is 3. The highest BCUT2D eigenvalue weighted by Gasteiger charge is 2.25. The fraction of sp³-hybridized carbons (Fsp3) is 0.125. The summed E-state index contributed by atoms with van der Waals surface area (Å²) in [5.41, 5.74) is 4.39. The molecule has 8 heteroatoms. The van der Waals surface area contributed by atoms with Crippen molar-refractivity contribution < 1.29 is 9.52 Å². The number of fused-ring (bicyclic) bond motifs is 4. The molecule has 0 amide bonds. The van der Waals surface area contributed by atoms with Crippen molar-refractivity contribution in [2.24, 2.45) is 7.05 Å². The first kappa shape index (κ1) is 17.4. The molecule has 2 aromatic carbocycles. The van der Waals surface area contributed by atoms with Crippen LogP contribution < -0.4 is 11.0 Å². The molecule has 0 fully saturated rings. The summed E-state index contributed by atoms with van der Waals surface area (Å²) in [7, 11) is 1.82. The fourth-order valence-corrected chi connectivity index (χ4v) is 5.07. The molecule has 2 N–H and O–H groups in total. The molecule has 6 aromatic rings. The minimum atomic E-state index is -0.361. The van der Waals surface area contributed by atoms with Gasteiger partial charge in [-0.3, -0.25) is 14.3 Å². The van der Waals surface area contributed by atoms with E-state index in [0.717, 1.165) is 28.8 Å². The predicted molar refractivity (Wildman–Crippen MR) is 121 cm³/mol. The lowest BCUT2D eigenvalue weighted by molar-refractivity contribution is 0.481. The lowest BCUT2D eigenvalue weighted by Crippen LogP contribution is -2.20. The van der Waals surface area contributed by atoms with Gasteiger partial charge in [0.15, 0.2) is 16.7 Å². The van der Waals surface area contributed by atoms with Crippen molar-refractivity contribution in [1.29, 1.82) is 0 Å². The van der Waals surface area contributed by atoms with Gasteiger partial charge >= 0.3 is 0 Å². The number of aromatic nitrogens is 4. The SMILES string of the molecule is Cn1[nH]cc2c(-c3cc4cccc5c4n(c3=O)CC5)c3oc4cc(=O)cc(O)c4c3nc21. The average molecular weight is 424 g/mol. The van der Waals surface area contributed by atoms with Gasteiger partial charge in [-0.05, 0) is 23.4 Å². The Morgan fingerprint density at radius 2 is 2.06 bits per heavy atom. The molecule has 8 nitrogen and oxygen atoms in total. The Kier molecular flexibility index (Phi) is 3.08. The molecule has 0 saturated carbocycles. The maximum Gasteiger partial charge on any atom is 0.259 e. The molecule has 0 radical (unpaired) electrons. The van der Waals surface area contributed by atoms with Crippen LogP contribution in [0.3, 0.4) is 0 Å². The maximum atomic E-state index is 13.7. The standard InChI is InChI=1S/C24H16N4O4/c1-27-23-15(10-25-27)18(22-20(26-23)19-16(30)8-13(29)9-17(19)32-22)14-7-12-4-2-3-11-5-6-28(21(11)12)24(14)31/h2-4,7-10,25,30H,5-6H2,1H3. The minimum absolute atomic E-state index is 0.103. The van der Waals surface area contributed by atoms with Crippen molar-refractivity contribution in [1.82, 2.24) is 19.3 Å². The molecule has 7 rings (SSSR count). The molecule has 0 unspecified atom stereocenters. The van der Waals surface area contributed by atoms with Gasteiger partial charge in [-0.25, -0.2) is 4.98 Å². The number of H-pyrrole nitrogens is 1. The van der Waals surface area contributed by atoms with Crippen LogP contribution in [0.4, 0.5) is 0 Å². The fourth-order valence-electron chi connectivity index (χ4n) is 5.07. The van der Waals surface area contributed by atoms with Crippen LogP contribution in [0.5, 0.6) is 5.75 Å². The predicted octanol–water partition coefficient (Wildman–Crippen LogP) is 3.40. The highest BCUT2D eigenvalue weighted by Crippen LogP contribution is 2.41.